The summed E-state index contributed by atoms with van der Waals surface area (Å²) in [6.07, 6.45) is 4.82. The maximum Gasteiger partial charge on any atom is 0.219 e. The molecule has 168 valence electrons. The van der Waals surface area contributed by atoms with Crippen LogP contribution in [0.5, 0.6) is 0 Å². The molecule has 0 aliphatic heterocycles. The minimum Gasteiger partial charge on any atom is -0.351 e. The monoisotopic (exact) mass is 429 g/mol. The topological polar surface area (TPSA) is 67.2 Å². The van der Waals surface area contributed by atoms with Gasteiger partial charge in [0, 0.05) is 37.2 Å². The highest BCUT2D eigenvalue weighted by molar-refractivity contribution is 5.76. The van der Waals surface area contributed by atoms with E-state index < -0.39 is 23.7 Å². The van der Waals surface area contributed by atoms with Crippen molar-refractivity contribution in [3.63, 3.8) is 0 Å². The molecule has 0 fully saturated rings. The summed E-state index contributed by atoms with van der Waals surface area (Å²) < 4.78 is 27.3. The van der Waals surface area contributed by atoms with Crippen LogP contribution in [-0.2, 0) is 24.1 Å². The van der Waals surface area contributed by atoms with Crippen molar-refractivity contribution in [2.24, 2.45) is 5.73 Å². The third kappa shape index (κ3) is 6.34. The molecule has 2 aromatic carbocycles. The second-order valence-electron chi connectivity index (χ2n) is 8.41. The van der Waals surface area contributed by atoms with Gasteiger partial charge in [0.05, 0.1) is 0 Å². The van der Waals surface area contributed by atoms with Gasteiger partial charge in [0.15, 0.2) is 0 Å². The molecule has 0 bridgehead atoms. The third-order valence-electron chi connectivity index (χ3n) is 6.10. The first kappa shape index (κ1) is 23.4. The first-order valence-corrected chi connectivity index (χ1v) is 11.2. The van der Waals surface area contributed by atoms with Gasteiger partial charge >= 0.3 is 0 Å². The number of nitrogens with one attached hydrogen (secondary N) is 2. The highest BCUT2D eigenvalue weighted by atomic mass is 19.1. The van der Waals surface area contributed by atoms with Gasteiger partial charge < -0.3 is 16.4 Å². The van der Waals surface area contributed by atoms with E-state index in [0.29, 0.717) is 18.5 Å². The molecule has 0 saturated carbocycles. The molecule has 0 saturated heterocycles. The van der Waals surface area contributed by atoms with Crippen LogP contribution < -0.4 is 16.4 Å². The summed E-state index contributed by atoms with van der Waals surface area (Å²) in [6.45, 7) is 4.41. The van der Waals surface area contributed by atoms with E-state index in [1.54, 1.807) is 6.92 Å². The van der Waals surface area contributed by atoms with Crippen LogP contribution in [-0.4, -0.2) is 24.5 Å². The van der Waals surface area contributed by atoms with E-state index in [4.69, 9.17) is 5.73 Å². The molecule has 0 unspecified atom stereocenters. The molecule has 1 aliphatic carbocycles. The van der Waals surface area contributed by atoms with Crippen LogP contribution in [0, 0.1) is 11.6 Å². The molecule has 3 rings (SSSR count). The van der Waals surface area contributed by atoms with Gasteiger partial charge in [-0.05, 0) is 66.5 Å². The zero-order valence-electron chi connectivity index (χ0n) is 18.4. The Morgan fingerprint density at radius 1 is 1.13 bits per heavy atom. The molecule has 4 nitrogen and oxygen atoms in total. The van der Waals surface area contributed by atoms with Crippen molar-refractivity contribution >= 4 is 5.91 Å². The summed E-state index contributed by atoms with van der Waals surface area (Å²) in [6, 6.07) is 9.52. The number of hydrogen-bond acceptors (Lipinski definition) is 3. The quantitative estimate of drug-likeness (QED) is 0.565. The smallest absolute Gasteiger partial charge is 0.219 e. The van der Waals surface area contributed by atoms with Crippen LogP contribution in [0.25, 0.3) is 0 Å². The van der Waals surface area contributed by atoms with Crippen LogP contribution in [0.2, 0.25) is 0 Å². The fourth-order valence-corrected chi connectivity index (χ4v) is 4.30. The first-order chi connectivity index (χ1) is 14.9. The Bertz CT molecular complexity index is 882. The minimum absolute atomic E-state index is 0.132. The van der Waals surface area contributed by atoms with Crippen LogP contribution in [0.4, 0.5) is 8.78 Å². The van der Waals surface area contributed by atoms with E-state index in [2.05, 4.69) is 35.8 Å². The lowest BCUT2D eigenvalue weighted by atomic mass is 9.86. The Labute approximate surface area is 183 Å². The molecular formula is C25H33F2N3O. The third-order valence-corrected chi connectivity index (χ3v) is 6.10. The largest absolute Gasteiger partial charge is 0.351 e. The fraction of sp³-hybridized carbons (Fsp3) is 0.480. The highest BCUT2D eigenvalue weighted by Crippen LogP contribution is 2.30. The summed E-state index contributed by atoms with van der Waals surface area (Å²) in [5, 5.41) is 6.51. The van der Waals surface area contributed by atoms with E-state index >= 15 is 0 Å². The second-order valence-corrected chi connectivity index (χ2v) is 8.41. The van der Waals surface area contributed by atoms with E-state index in [0.717, 1.165) is 31.7 Å². The maximum absolute atomic E-state index is 13.6. The van der Waals surface area contributed by atoms with E-state index in [9.17, 15) is 13.6 Å². The molecule has 2 aromatic rings. The predicted molar refractivity (Wildman–Crippen MR) is 120 cm³/mol. The van der Waals surface area contributed by atoms with Gasteiger partial charge in [-0.1, -0.05) is 32.0 Å². The molecule has 1 aliphatic rings. The summed E-state index contributed by atoms with van der Waals surface area (Å²) in [5.74, 6) is -1.39. The number of hydrogen-bond donors (Lipinski definition) is 3. The maximum atomic E-state index is 13.6. The molecule has 0 aromatic heterocycles. The average Bonchev–Trinajstić information content (AvgIpc) is 2.75. The normalized spacial score (nSPS) is 17.6. The summed E-state index contributed by atoms with van der Waals surface area (Å²) in [5.41, 5.74) is 11.0. The number of aryl methyl sites for hydroxylation is 2. The Morgan fingerprint density at radius 3 is 2.55 bits per heavy atom. The van der Waals surface area contributed by atoms with E-state index in [1.807, 2.05) is 0 Å². The van der Waals surface area contributed by atoms with E-state index in [1.165, 1.54) is 28.8 Å². The van der Waals surface area contributed by atoms with Gasteiger partial charge in [0.1, 0.15) is 11.6 Å². The summed E-state index contributed by atoms with van der Waals surface area (Å²) in [7, 11) is 0. The van der Waals surface area contributed by atoms with Crippen molar-refractivity contribution in [2.75, 3.05) is 6.54 Å². The molecule has 4 N–H and O–H groups in total. The zero-order valence-corrected chi connectivity index (χ0v) is 18.4. The van der Waals surface area contributed by atoms with Gasteiger partial charge in [-0.3, -0.25) is 4.79 Å². The number of carbonyl (C=O) groups excluding carboxylic acids is 1. The average molecular weight is 430 g/mol. The van der Waals surface area contributed by atoms with Crippen LogP contribution in [0.3, 0.4) is 0 Å². The summed E-state index contributed by atoms with van der Waals surface area (Å²) in [4.78, 5) is 12.1. The van der Waals surface area contributed by atoms with Crippen LogP contribution >= 0.6 is 0 Å². The number of benzene rings is 2. The van der Waals surface area contributed by atoms with Gasteiger partial charge in [-0.15, -0.1) is 0 Å². The number of halogens is 2. The number of nitrogens with two attached hydrogens (primary N) is 1. The summed E-state index contributed by atoms with van der Waals surface area (Å²) >= 11 is 0. The van der Waals surface area contributed by atoms with Crippen LogP contribution in [0.15, 0.2) is 36.4 Å². The molecule has 31 heavy (non-hydrogen) atoms. The second kappa shape index (κ2) is 10.8. The molecular weight excluding hydrogens is 396 g/mol. The van der Waals surface area contributed by atoms with Gasteiger partial charge in [-0.25, -0.2) is 8.78 Å². The lowest BCUT2D eigenvalue weighted by Crippen LogP contribution is -2.53. The standard InChI is InChI=1S/C25H33F2N3O/c1-3-16-8-9-18-6-5-7-23(21(18)12-16)29-15-22(28)24(30-25(31)4-2)13-17-10-19(26)14-20(27)11-17/h8-12,14,22-24,29H,3-7,13,15,28H2,1-2H3,(H,30,31)/t22-,23+,24+/m1/s1. The lowest BCUT2D eigenvalue weighted by Gasteiger charge is -2.31. The Morgan fingerprint density at radius 2 is 1.87 bits per heavy atom. The molecule has 1 amide bonds. The fourth-order valence-electron chi connectivity index (χ4n) is 4.30. The van der Waals surface area contributed by atoms with Crippen molar-refractivity contribution < 1.29 is 13.6 Å². The van der Waals surface area contributed by atoms with Gasteiger partial charge in [0.25, 0.3) is 0 Å². The Balaban J connectivity index is 1.70. The van der Waals surface area contributed by atoms with Crippen molar-refractivity contribution in [1.29, 1.82) is 0 Å². The van der Waals surface area contributed by atoms with Crippen molar-refractivity contribution in [3.05, 3.63) is 70.3 Å². The Kier molecular flexibility index (Phi) is 8.15. The lowest BCUT2D eigenvalue weighted by molar-refractivity contribution is -0.121. The molecule has 6 heteroatoms. The molecule has 0 spiro atoms. The minimum atomic E-state index is -0.632. The molecule has 0 heterocycles. The highest BCUT2D eigenvalue weighted by Gasteiger charge is 2.24. The zero-order chi connectivity index (χ0) is 22.4. The molecule has 3 atom stereocenters. The first-order valence-electron chi connectivity index (χ1n) is 11.2. The van der Waals surface area contributed by atoms with Crippen molar-refractivity contribution in [1.82, 2.24) is 10.6 Å². The van der Waals surface area contributed by atoms with Crippen LogP contribution in [0.1, 0.15) is 61.4 Å². The number of fused-ring (bicyclic) bond motifs is 1. The number of rotatable bonds is 9. The van der Waals surface area contributed by atoms with Gasteiger partial charge in [-0.2, -0.15) is 0 Å². The van der Waals surface area contributed by atoms with Crippen molar-refractivity contribution in [3.8, 4) is 0 Å². The van der Waals surface area contributed by atoms with E-state index in [-0.39, 0.29) is 18.4 Å². The Hall–Kier alpha value is -2.31. The number of carbonyl (C=O) groups is 1. The predicted octanol–water partition coefficient (Wildman–Crippen LogP) is 3.96. The molecule has 0 radical (unpaired) electrons. The van der Waals surface area contributed by atoms with Crippen molar-refractivity contribution in [2.45, 2.75) is 70.5 Å². The SMILES string of the molecule is CCC(=O)N[C@@H](Cc1cc(F)cc(F)c1)[C@H](N)CN[C@H]1CCCc2ccc(CC)cc21. The number of amides is 1. The van der Waals surface area contributed by atoms with Gasteiger partial charge in [0.2, 0.25) is 5.91 Å².